The molecule has 94 valence electrons. The lowest BCUT2D eigenvalue weighted by Crippen LogP contribution is -2.14. The van der Waals surface area contributed by atoms with Crippen LogP contribution in [0.25, 0.3) is 0 Å². The van der Waals surface area contributed by atoms with E-state index >= 15 is 0 Å². The van der Waals surface area contributed by atoms with Crippen LogP contribution in [0.5, 0.6) is 0 Å². The quantitative estimate of drug-likeness (QED) is 0.909. The van der Waals surface area contributed by atoms with E-state index in [2.05, 4.69) is 10.3 Å². The number of halogens is 1. The largest absolute Gasteiger partial charge is 0.375 e. The van der Waals surface area contributed by atoms with Gasteiger partial charge in [-0.3, -0.25) is 4.79 Å². The minimum absolute atomic E-state index is 0.130. The van der Waals surface area contributed by atoms with E-state index in [1.54, 1.807) is 12.3 Å². The second-order valence-electron chi connectivity index (χ2n) is 3.82. The monoisotopic (exact) mass is 281 g/mol. The van der Waals surface area contributed by atoms with Crippen LogP contribution in [0.4, 0.5) is 10.8 Å². The highest BCUT2D eigenvalue weighted by Gasteiger charge is 2.10. The zero-order valence-corrected chi connectivity index (χ0v) is 11.3. The molecule has 0 aliphatic rings. The van der Waals surface area contributed by atoms with Crippen molar-refractivity contribution < 1.29 is 4.79 Å². The number of nitrogens with zero attached hydrogens (tertiary/aromatic N) is 1. The first-order chi connectivity index (χ1) is 8.56. The molecular formula is C12H12ClN3OS. The fourth-order valence-electron chi connectivity index (χ4n) is 1.54. The van der Waals surface area contributed by atoms with Gasteiger partial charge in [-0.25, -0.2) is 4.98 Å². The third-order valence-corrected chi connectivity index (χ3v) is 3.53. The molecule has 6 heteroatoms. The van der Waals surface area contributed by atoms with Gasteiger partial charge in [0.1, 0.15) is 0 Å². The van der Waals surface area contributed by atoms with E-state index in [9.17, 15) is 4.79 Å². The molecule has 0 spiro atoms. The first kappa shape index (κ1) is 12.9. The van der Waals surface area contributed by atoms with Crippen molar-refractivity contribution in [2.75, 3.05) is 11.1 Å². The summed E-state index contributed by atoms with van der Waals surface area (Å²) in [6.07, 6.45) is 1.86. The van der Waals surface area contributed by atoms with E-state index in [0.29, 0.717) is 15.8 Å². The van der Waals surface area contributed by atoms with Gasteiger partial charge in [-0.15, -0.1) is 11.3 Å². The van der Waals surface area contributed by atoms with E-state index in [-0.39, 0.29) is 12.3 Å². The van der Waals surface area contributed by atoms with Gasteiger partial charge in [-0.05, 0) is 18.6 Å². The van der Waals surface area contributed by atoms with Crippen molar-refractivity contribution >= 4 is 39.7 Å². The predicted octanol–water partition coefficient (Wildman–Crippen LogP) is 2.87. The molecule has 0 atom stereocenters. The van der Waals surface area contributed by atoms with Gasteiger partial charge >= 0.3 is 0 Å². The molecule has 1 aromatic heterocycles. The highest BCUT2D eigenvalue weighted by molar-refractivity contribution is 7.15. The van der Waals surface area contributed by atoms with Crippen LogP contribution in [0.2, 0.25) is 5.02 Å². The van der Waals surface area contributed by atoms with Crippen LogP contribution in [-0.4, -0.2) is 10.9 Å². The van der Waals surface area contributed by atoms with Crippen LogP contribution in [-0.2, 0) is 11.2 Å². The van der Waals surface area contributed by atoms with Gasteiger partial charge in [0.25, 0.3) is 0 Å². The van der Waals surface area contributed by atoms with E-state index in [0.717, 1.165) is 10.4 Å². The minimum Gasteiger partial charge on any atom is -0.375 e. The Morgan fingerprint density at radius 3 is 2.94 bits per heavy atom. The number of thiazole rings is 1. The van der Waals surface area contributed by atoms with Crippen LogP contribution < -0.4 is 11.1 Å². The number of nitrogen functional groups attached to an aromatic ring is 1. The average Bonchev–Trinajstić information content (AvgIpc) is 2.69. The third-order valence-electron chi connectivity index (χ3n) is 2.39. The second-order valence-corrected chi connectivity index (χ2v) is 5.38. The number of carbonyl (C=O) groups is 1. The van der Waals surface area contributed by atoms with Gasteiger partial charge in [0, 0.05) is 11.1 Å². The Balaban J connectivity index is 2.08. The van der Waals surface area contributed by atoms with Crippen molar-refractivity contribution in [3.05, 3.63) is 39.9 Å². The molecule has 0 radical (unpaired) electrons. The van der Waals surface area contributed by atoms with Crippen LogP contribution >= 0.6 is 22.9 Å². The second kappa shape index (κ2) is 5.37. The van der Waals surface area contributed by atoms with Gasteiger partial charge in [-0.1, -0.05) is 23.7 Å². The zero-order valence-electron chi connectivity index (χ0n) is 9.74. The van der Waals surface area contributed by atoms with Crippen molar-refractivity contribution in [1.29, 1.82) is 0 Å². The number of nitrogens with two attached hydrogens (primary N) is 1. The minimum atomic E-state index is -0.130. The number of aryl methyl sites for hydroxylation is 1. The summed E-state index contributed by atoms with van der Waals surface area (Å²) in [5, 5.41) is 3.80. The number of amides is 1. The molecule has 4 nitrogen and oxygen atoms in total. The predicted molar refractivity (Wildman–Crippen MR) is 75.0 cm³/mol. The van der Waals surface area contributed by atoms with Crippen LogP contribution in [0.15, 0.2) is 24.4 Å². The zero-order chi connectivity index (χ0) is 13.1. The Kier molecular flexibility index (Phi) is 3.84. The van der Waals surface area contributed by atoms with Gasteiger partial charge in [0.05, 0.1) is 17.1 Å². The summed E-state index contributed by atoms with van der Waals surface area (Å²) in [7, 11) is 0. The van der Waals surface area contributed by atoms with Crippen molar-refractivity contribution in [3.63, 3.8) is 0 Å². The van der Waals surface area contributed by atoms with E-state index < -0.39 is 0 Å². The number of hydrogen-bond donors (Lipinski definition) is 2. The van der Waals surface area contributed by atoms with E-state index in [1.165, 1.54) is 11.3 Å². The number of aromatic nitrogens is 1. The first-order valence-electron chi connectivity index (χ1n) is 5.31. The fourth-order valence-corrected chi connectivity index (χ4v) is 2.49. The van der Waals surface area contributed by atoms with Crippen LogP contribution in [0.3, 0.4) is 0 Å². The summed E-state index contributed by atoms with van der Waals surface area (Å²) in [6, 6.07) is 5.48. The topological polar surface area (TPSA) is 68.0 Å². The number of hydrogen-bond acceptors (Lipinski definition) is 4. The molecule has 1 heterocycles. The van der Waals surface area contributed by atoms with Gasteiger partial charge in [0.15, 0.2) is 5.13 Å². The van der Waals surface area contributed by atoms with Crippen molar-refractivity contribution in [2.24, 2.45) is 0 Å². The molecule has 2 rings (SSSR count). The van der Waals surface area contributed by atoms with Gasteiger partial charge in [0.2, 0.25) is 5.91 Å². The Bertz CT molecular complexity index is 562. The fraction of sp³-hybridized carbons (Fsp3) is 0.167. The highest BCUT2D eigenvalue weighted by Crippen LogP contribution is 2.25. The molecule has 18 heavy (non-hydrogen) atoms. The first-order valence-corrected chi connectivity index (χ1v) is 6.51. The molecule has 1 aromatic carbocycles. The molecule has 0 saturated carbocycles. The third kappa shape index (κ3) is 3.00. The maximum Gasteiger partial charge on any atom is 0.229 e. The number of anilines is 2. The van der Waals surface area contributed by atoms with Gasteiger partial charge in [-0.2, -0.15) is 0 Å². The van der Waals surface area contributed by atoms with Crippen LogP contribution in [0.1, 0.15) is 10.4 Å². The summed E-state index contributed by atoms with van der Waals surface area (Å²) in [5.74, 6) is -0.130. The summed E-state index contributed by atoms with van der Waals surface area (Å²) >= 11 is 7.34. The Labute approximate surface area is 114 Å². The molecule has 2 aromatic rings. The summed E-state index contributed by atoms with van der Waals surface area (Å²) in [4.78, 5) is 16.6. The van der Waals surface area contributed by atoms with Crippen molar-refractivity contribution in [3.8, 4) is 0 Å². The standard InChI is InChI=1S/C12H12ClN3OS/c1-7-3-2-4-9(13)11(7)16-10(17)5-8-6-15-12(14)18-8/h2-4,6H,5H2,1H3,(H2,14,15)(H,16,17). The maximum absolute atomic E-state index is 11.9. The van der Waals surface area contributed by atoms with E-state index in [1.807, 2.05) is 19.1 Å². The Morgan fingerprint density at radius 1 is 1.56 bits per heavy atom. The highest BCUT2D eigenvalue weighted by atomic mass is 35.5. The smallest absolute Gasteiger partial charge is 0.229 e. The molecule has 3 N–H and O–H groups in total. The molecule has 0 fully saturated rings. The van der Waals surface area contributed by atoms with Crippen molar-refractivity contribution in [2.45, 2.75) is 13.3 Å². The summed E-state index contributed by atoms with van der Waals surface area (Å²) in [6.45, 7) is 1.90. The molecule has 0 aliphatic carbocycles. The Morgan fingerprint density at radius 2 is 2.33 bits per heavy atom. The molecule has 1 amide bonds. The number of rotatable bonds is 3. The summed E-state index contributed by atoms with van der Waals surface area (Å²) in [5.41, 5.74) is 7.09. The lowest BCUT2D eigenvalue weighted by molar-refractivity contribution is -0.115. The number of nitrogens with one attached hydrogen (secondary N) is 1. The lowest BCUT2D eigenvalue weighted by atomic mass is 10.2. The molecular weight excluding hydrogens is 270 g/mol. The number of benzene rings is 1. The maximum atomic E-state index is 11.9. The molecule has 0 saturated heterocycles. The van der Waals surface area contributed by atoms with Crippen LogP contribution in [0, 0.1) is 6.92 Å². The Hall–Kier alpha value is -1.59. The molecule has 0 aliphatic heterocycles. The molecule has 0 bridgehead atoms. The normalized spacial score (nSPS) is 10.3. The lowest BCUT2D eigenvalue weighted by Gasteiger charge is -2.09. The van der Waals surface area contributed by atoms with E-state index in [4.69, 9.17) is 17.3 Å². The molecule has 0 unspecified atom stereocenters. The van der Waals surface area contributed by atoms with Gasteiger partial charge < -0.3 is 11.1 Å². The van der Waals surface area contributed by atoms with Crippen molar-refractivity contribution in [1.82, 2.24) is 4.98 Å². The summed E-state index contributed by atoms with van der Waals surface area (Å²) < 4.78 is 0. The average molecular weight is 282 g/mol. The number of carbonyl (C=O) groups excluding carboxylic acids is 1. The SMILES string of the molecule is Cc1cccc(Cl)c1NC(=O)Cc1cnc(N)s1. The number of para-hydroxylation sites is 1.